The predicted molar refractivity (Wildman–Crippen MR) is 104 cm³/mol. The maximum absolute atomic E-state index is 13.0. The molecule has 0 spiro atoms. The number of aliphatic hydroxyl groups is 1. The van der Waals surface area contributed by atoms with Crippen molar-refractivity contribution >= 4 is 17.4 Å². The van der Waals surface area contributed by atoms with E-state index in [0.717, 1.165) is 11.3 Å². The summed E-state index contributed by atoms with van der Waals surface area (Å²) in [6.45, 7) is 6.19. The van der Waals surface area contributed by atoms with Crippen LogP contribution in [0.2, 0.25) is 0 Å². The molecule has 1 amide bonds. The second-order valence-electron chi connectivity index (χ2n) is 7.18. The Hall–Kier alpha value is -2.66. The molecule has 0 saturated heterocycles. The smallest absolute Gasteiger partial charge is 0.264 e. The number of aryl methyl sites for hydroxylation is 2. The number of Topliss-reactive ketones (excluding diaryl/α,β-unsaturated/α-hetero) is 1. The van der Waals surface area contributed by atoms with Crippen molar-refractivity contribution < 1.29 is 19.4 Å². The lowest BCUT2D eigenvalue weighted by atomic mass is 9.89. The molecule has 0 radical (unpaired) electrons. The minimum absolute atomic E-state index is 0.210. The van der Waals surface area contributed by atoms with Crippen molar-refractivity contribution in [2.45, 2.75) is 39.2 Å². The van der Waals surface area contributed by atoms with E-state index in [1.54, 1.807) is 17.0 Å². The molecule has 5 heteroatoms. The van der Waals surface area contributed by atoms with E-state index in [4.69, 9.17) is 4.74 Å². The van der Waals surface area contributed by atoms with E-state index in [2.05, 4.69) is 0 Å². The van der Waals surface area contributed by atoms with Crippen LogP contribution >= 0.6 is 0 Å². The third-order valence-corrected chi connectivity index (χ3v) is 4.87. The summed E-state index contributed by atoms with van der Waals surface area (Å²) >= 11 is 0. The highest BCUT2D eigenvalue weighted by Crippen LogP contribution is 2.44. The normalized spacial score (nSPS) is 18.5. The average molecular weight is 367 g/mol. The lowest BCUT2D eigenvalue weighted by Gasteiger charge is -2.22. The van der Waals surface area contributed by atoms with E-state index < -0.39 is 11.5 Å². The van der Waals surface area contributed by atoms with Crippen molar-refractivity contribution in [1.82, 2.24) is 0 Å². The van der Waals surface area contributed by atoms with Gasteiger partial charge < -0.3 is 14.7 Å². The summed E-state index contributed by atoms with van der Waals surface area (Å²) in [4.78, 5) is 26.2. The van der Waals surface area contributed by atoms with Crippen molar-refractivity contribution in [1.29, 1.82) is 0 Å². The molecule has 0 bridgehead atoms. The summed E-state index contributed by atoms with van der Waals surface area (Å²) in [5.74, 6) is 0.137. The van der Waals surface area contributed by atoms with Gasteiger partial charge in [0.1, 0.15) is 11.5 Å². The van der Waals surface area contributed by atoms with Crippen LogP contribution in [-0.4, -0.2) is 29.9 Å². The van der Waals surface area contributed by atoms with Crippen LogP contribution in [0.25, 0.3) is 0 Å². The number of carbonyl (C=O) groups excluding carboxylic acids is 2. The fraction of sp³-hybridized carbons (Fsp3) is 0.364. The zero-order valence-electron chi connectivity index (χ0n) is 16.0. The Balaban J connectivity index is 1.73. The highest BCUT2D eigenvalue weighted by atomic mass is 16.5. The first-order valence-corrected chi connectivity index (χ1v) is 9.16. The summed E-state index contributed by atoms with van der Waals surface area (Å²) in [5, 5.41) is 11.0. The number of fused-ring (bicyclic) bond motifs is 1. The maximum Gasteiger partial charge on any atom is 0.264 e. The fourth-order valence-electron chi connectivity index (χ4n) is 3.58. The van der Waals surface area contributed by atoms with Crippen molar-refractivity contribution in [3.05, 3.63) is 59.2 Å². The fourth-order valence-corrected chi connectivity index (χ4v) is 3.58. The first-order chi connectivity index (χ1) is 12.8. The van der Waals surface area contributed by atoms with Gasteiger partial charge in [-0.1, -0.05) is 35.9 Å². The molecule has 0 unspecified atom stereocenters. The van der Waals surface area contributed by atoms with Gasteiger partial charge in [-0.05, 0) is 44.9 Å². The molecule has 0 fully saturated rings. The average Bonchev–Trinajstić information content (AvgIpc) is 2.82. The SMILES string of the molecule is CC(=O)C[C@@]1(O)C(=O)N(CCCOc2ccc(C)cc2)c2c(C)cccc21. The summed E-state index contributed by atoms with van der Waals surface area (Å²) < 4.78 is 5.74. The van der Waals surface area contributed by atoms with Gasteiger partial charge in [0.2, 0.25) is 0 Å². The van der Waals surface area contributed by atoms with Crippen LogP contribution in [0.1, 0.15) is 36.5 Å². The summed E-state index contributed by atoms with van der Waals surface area (Å²) in [6, 6.07) is 13.2. The molecule has 1 aliphatic heterocycles. The summed E-state index contributed by atoms with van der Waals surface area (Å²) in [6.07, 6.45) is 0.405. The zero-order valence-corrected chi connectivity index (χ0v) is 16.0. The Morgan fingerprint density at radius 1 is 1.15 bits per heavy atom. The number of anilines is 1. The molecule has 3 rings (SSSR count). The minimum Gasteiger partial charge on any atom is -0.494 e. The molecule has 0 aliphatic carbocycles. The van der Waals surface area contributed by atoms with E-state index >= 15 is 0 Å². The largest absolute Gasteiger partial charge is 0.494 e. The van der Waals surface area contributed by atoms with Crippen molar-refractivity contribution in [2.75, 3.05) is 18.1 Å². The molecule has 1 aliphatic rings. The Bertz CT molecular complexity index is 859. The van der Waals surface area contributed by atoms with E-state index in [1.807, 2.05) is 44.2 Å². The van der Waals surface area contributed by atoms with E-state index in [0.29, 0.717) is 30.8 Å². The number of carbonyl (C=O) groups is 2. The molecular weight excluding hydrogens is 342 g/mol. The van der Waals surface area contributed by atoms with Crippen LogP contribution in [0, 0.1) is 13.8 Å². The molecular formula is C22H25NO4. The molecule has 0 aromatic heterocycles. The van der Waals surface area contributed by atoms with Gasteiger partial charge in [-0.2, -0.15) is 0 Å². The van der Waals surface area contributed by atoms with Crippen molar-refractivity contribution in [3.8, 4) is 5.75 Å². The molecule has 27 heavy (non-hydrogen) atoms. The van der Waals surface area contributed by atoms with Gasteiger partial charge in [-0.15, -0.1) is 0 Å². The number of ether oxygens (including phenoxy) is 1. The van der Waals surface area contributed by atoms with Crippen LogP contribution in [0.5, 0.6) is 5.75 Å². The Labute approximate surface area is 159 Å². The number of para-hydroxylation sites is 1. The van der Waals surface area contributed by atoms with Crippen LogP contribution < -0.4 is 9.64 Å². The van der Waals surface area contributed by atoms with Crippen LogP contribution in [0.3, 0.4) is 0 Å². The third-order valence-electron chi connectivity index (χ3n) is 4.87. The van der Waals surface area contributed by atoms with Crippen molar-refractivity contribution in [3.63, 3.8) is 0 Å². The number of rotatable bonds is 7. The maximum atomic E-state index is 13.0. The Kier molecular flexibility index (Phi) is 5.33. The van der Waals surface area contributed by atoms with Crippen LogP contribution in [0.4, 0.5) is 5.69 Å². The van der Waals surface area contributed by atoms with Gasteiger partial charge in [0.15, 0.2) is 5.60 Å². The van der Waals surface area contributed by atoms with Gasteiger partial charge in [0, 0.05) is 18.5 Å². The van der Waals surface area contributed by atoms with Gasteiger partial charge >= 0.3 is 0 Å². The number of benzene rings is 2. The third kappa shape index (κ3) is 3.74. The van der Waals surface area contributed by atoms with E-state index in [9.17, 15) is 14.7 Å². The number of hydrogen-bond donors (Lipinski definition) is 1. The highest BCUT2D eigenvalue weighted by molar-refractivity contribution is 6.09. The summed E-state index contributed by atoms with van der Waals surface area (Å²) in [7, 11) is 0. The molecule has 1 heterocycles. The molecule has 5 nitrogen and oxygen atoms in total. The Morgan fingerprint density at radius 3 is 2.52 bits per heavy atom. The first-order valence-electron chi connectivity index (χ1n) is 9.16. The first kappa shape index (κ1) is 19.1. The van der Waals surface area contributed by atoms with Gasteiger partial charge in [-0.3, -0.25) is 9.59 Å². The van der Waals surface area contributed by atoms with Crippen molar-refractivity contribution in [2.24, 2.45) is 0 Å². The molecule has 2 aromatic rings. The van der Waals surface area contributed by atoms with E-state index in [1.165, 1.54) is 12.5 Å². The molecule has 0 saturated carbocycles. The molecule has 2 aromatic carbocycles. The minimum atomic E-state index is -1.77. The molecule has 1 atom stereocenters. The van der Waals surface area contributed by atoms with E-state index in [-0.39, 0.29) is 12.2 Å². The number of ketones is 1. The Morgan fingerprint density at radius 2 is 1.85 bits per heavy atom. The quantitative estimate of drug-likeness (QED) is 0.763. The standard InChI is InChI=1S/C22H25NO4/c1-15-8-10-18(11-9-15)27-13-5-12-23-20-16(2)6-4-7-19(20)22(26,21(23)25)14-17(3)24/h4,6-11,26H,5,12-14H2,1-3H3/t22-/m0/s1. The monoisotopic (exact) mass is 367 g/mol. The highest BCUT2D eigenvalue weighted by Gasteiger charge is 2.50. The zero-order chi connectivity index (χ0) is 19.6. The number of amides is 1. The van der Waals surface area contributed by atoms with Gasteiger partial charge in [0.25, 0.3) is 5.91 Å². The molecule has 142 valence electrons. The second-order valence-corrected chi connectivity index (χ2v) is 7.18. The van der Waals surface area contributed by atoms with Gasteiger partial charge in [0.05, 0.1) is 12.3 Å². The number of hydrogen-bond acceptors (Lipinski definition) is 4. The number of nitrogens with zero attached hydrogens (tertiary/aromatic N) is 1. The lowest BCUT2D eigenvalue weighted by molar-refractivity contribution is -0.141. The predicted octanol–water partition coefficient (Wildman–Crippen LogP) is 3.29. The summed E-state index contributed by atoms with van der Waals surface area (Å²) in [5.41, 5.74) is 1.52. The second kappa shape index (κ2) is 7.53. The van der Waals surface area contributed by atoms with Crippen LogP contribution in [0.15, 0.2) is 42.5 Å². The van der Waals surface area contributed by atoms with Gasteiger partial charge in [-0.25, -0.2) is 0 Å². The van der Waals surface area contributed by atoms with Crippen LogP contribution in [-0.2, 0) is 15.2 Å². The molecule has 1 N–H and O–H groups in total. The lowest BCUT2D eigenvalue weighted by Crippen LogP contribution is -2.42. The topological polar surface area (TPSA) is 66.8 Å².